The van der Waals surface area contributed by atoms with Crippen LogP contribution in [0.3, 0.4) is 0 Å². The van der Waals surface area contributed by atoms with Gasteiger partial charge in [0.25, 0.3) is 5.91 Å². The first-order chi connectivity index (χ1) is 15.6. The van der Waals surface area contributed by atoms with Crippen molar-refractivity contribution < 1.29 is 23.8 Å². The van der Waals surface area contributed by atoms with Crippen molar-refractivity contribution in [3.63, 3.8) is 0 Å². The monoisotopic (exact) mass is 430 g/mol. The zero-order chi connectivity index (χ0) is 22.1. The Labute approximate surface area is 185 Å². The molecule has 0 spiro atoms. The van der Waals surface area contributed by atoms with Crippen molar-refractivity contribution in [2.75, 3.05) is 13.3 Å². The predicted molar refractivity (Wildman–Crippen MR) is 117 cm³/mol. The maximum atomic E-state index is 13.2. The molecule has 0 aliphatic carbocycles. The quantitative estimate of drug-likeness (QED) is 0.652. The van der Waals surface area contributed by atoms with Crippen LogP contribution >= 0.6 is 0 Å². The number of amides is 2. The van der Waals surface area contributed by atoms with E-state index in [0.29, 0.717) is 29.2 Å². The number of fused-ring (bicyclic) bond motifs is 1. The lowest BCUT2D eigenvalue weighted by Crippen LogP contribution is -2.30. The number of nitrogens with zero attached hydrogens (tertiary/aromatic N) is 1. The van der Waals surface area contributed by atoms with Gasteiger partial charge in [0.2, 0.25) is 12.7 Å². The number of nitrogens with two attached hydrogens (primary N) is 1. The lowest BCUT2D eigenvalue weighted by molar-refractivity contribution is 0.0735. The highest BCUT2D eigenvalue weighted by Crippen LogP contribution is 2.39. The first-order valence-electron chi connectivity index (χ1n) is 10.5. The second kappa shape index (κ2) is 8.26. The van der Waals surface area contributed by atoms with E-state index in [1.807, 2.05) is 23.1 Å². The summed E-state index contributed by atoms with van der Waals surface area (Å²) in [5.74, 6) is 2.15. The fourth-order valence-electron chi connectivity index (χ4n) is 4.13. The van der Waals surface area contributed by atoms with E-state index in [2.05, 4.69) is 0 Å². The Morgan fingerprint density at radius 1 is 0.875 bits per heavy atom. The Hall–Kier alpha value is -4.00. The number of primary amides is 1. The van der Waals surface area contributed by atoms with Crippen molar-refractivity contribution >= 4 is 11.8 Å². The van der Waals surface area contributed by atoms with Crippen LogP contribution in [0.15, 0.2) is 66.7 Å². The van der Waals surface area contributed by atoms with Gasteiger partial charge in [0.05, 0.1) is 6.04 Å². The molecule has 1 unspecified atom stereocenters. The summed E-state index contributed by atoms with van der Waals surface area (Å²) in [5, 5.41) is 0. The summed E-state index contributed by atoms with van der Waals surface area (Å²) in [4.78, 5) is 26.3. The fraction of sp³-hybridized carbons (Fsp3) is 0.200. The number of rotatable bonds is 5. The van der Waals surface area contributed by atoms with E-state index in [9.17, 15) is 9.59 Å². The van der Waals surface area contributed by atoms with Crippen LogP contribution in [0.25, 0.3) is 0 Å². The van der Waals surface area contributed by atoms with Gasteiger partial charge in [-0.15, -0.1) is 0 Å². The summed E-state index contributed by atoms with van der Waals surface area (Å²) in [6.07, 6.45) is 1.86. The molecule has 1 saturated heterocycles. The van der Waals surface area contributed by atoms with Crippen molar-refractivity contribution in [2.24, 2.45) is 5.73 Å². The second-order valence-corrected chi connectivity index (χ2v) is 7.78. The minimum absolute atomic E-state index is 0.0108. The smallest absolute Gasteiger partial charge is 0.254 e. The second-order valence-electron chi connectivity index (χ2n) is 7.78. The molecule has 1 fully saturated rings. The molecule has 0 radical (unpaired) electrons. The van der Waals surface area contributed by atoms with Gasteiger partial charge in [-0.2, -0.15) is 0 Å². The van der Waals surface area contributed by atoms with Crippen LogP contribution in [0.2, 0.25) is 0 Å². The van der Waals surface area contributed by atoms with Crippen LogP contribution in [0.5, 0.6) is 23.0 Å². The molecule has 1 atom stereocenters. The van der Waals surface area contributed by atoms with Crippen LogP contribution in [0.4, 0.5) is 0 Å². The van der Waals surface area contributed by atoms with Gasteiger partial charge in [-0.05, 0) is 79.1 Å². The van der Waals surface area contributed by atoms with Crippen molar-refractivity contribution in [1.29, 1.82) is 0 Å². The van der Waals surface area contributed by atoms with Crippen molar-refractivity contribution in [1.82, 2.24) is 4.90 Å². The molecule has 2 aliphatic rings. The van der Waals surface area contributed by atoms with Crippen molar-refractivity contribution in [2.45, 2.75) is 18.9 Å². The Morgan fingerprint density at radius 3 is 2.22 bits per heavy atom. The first-order valence-corrected chi connectivity index (χ1v) is 10.5. The number of ether oxygens (including phenoxy) is 3. The standard InChI is InChI=1S/C25H22N2O5/c26-24(28)16-3-8-19(9-4-16)32-20-10-5-17(6-11-20)25(29)27-13-1-2-21(27)18-7-12-22-23(14-18)31-15-30-22/h3-12,14,21H,1-2,13,15H2,(H2,26,28). The third-order valence-electron chi connectivity index (χ3n) is 5.77. The highest BCUT2D eigenvalue weighted by molar-refractivity contribution is 5.95. The number of hydrogen-bond donors (Lipinski definition) is 1. The molecular weight excluding hydrogens is 408 g/mol. The molecule has 5 rings (SSSR count). The van der Waals surface area contributed by atoms with E-state index in [4.69, 9.17) is 19.9 Å². The van der Waals surface area contributed by atoms with Crippen LogP contribution in [-0.4, -0.2) is 30.1 Å². The number of benzene rings is 3. The fourth-order valence-corrected chi connectivity index (χ4v) is 4.13. The molecule has 0 bridgehead atoms. The van der Waals surface area contributed by atoms with Crippen LogP contribution < -0.4 is 19.9 Å². The molecule has 2 aliphatic heterocycles. The van der Waals surface area contributed by atoms with Gasteiger partial charge < -0.3 is 24.8 Å². The molecule has 7 heteroatoms. The topological polar surface area (TPSA) is 91.1 Å². The highest BCUT2D eigenvalue weighted by Gasteiger charge is 2.31. The number of hydrogen-bond acceptors (Lipinski definition) is 5. The molecule has 3 aromatic rings. The number of carbonyl (C=O) groups is 2. The Morgan fingerprint density at radius 2 is 1.53 bits per heavy atom. The third-order valence-corrected chi connectivity index (χ3v) is 5.77. The maximum absolute atomic E-state index is 13.2. The Balaban J connectivity index is 1.29. The van der Waals surface area contributed by atoms with Crippen LogP contribution in [0.1, 0.15) is 45.2 Å². The van der Waals surface area contributed by atoms with Gasteiger partial charge in [-0.3, -0.25) is 9.59 Å². The molecule has 0 saturated carbocycles. The van der Waals surface area contributed by atoms with Crippen molar-refractivity contribution in [3.8, 4) is 23.0 Å². The summed E-state index contributed by atoms with van der Waals surface area (Å²) in [7, 11) is 0. The molecule has 162 valence electrons. The van der Waals surface area contributed by atoms with E-state index in [1.165, 1.54) is 0 Å². The molecular formula is C25H22N2O5. The molecule has 32 heavy (non-hydrogen) atoms. The van der Waals surface area contributed by atoms with Gasteiger partial charge in [-0.1, -0.05) is 6.07 Å². The predicted octanol–water partition coefficient (Wildman–Crippen LogP) is 4.28. The zero-order valence-electron chi connectivity index (χ0n) is 17.3. The van der Waals surface area contributed by atoms with Gasteiger partial charge in [0.15, 0.2) is 11.5 Å². The van der Waals surface area contributed by atoms with E-state index in [-0.39, 0.29) is 18.7 Å². The summed E-state index contributed by atoms with van der Waals surface area (Å²) in [6, 6.07) is 19.5. The maximum Gasteiger partial charge on any atom is 0.254 e. The molecule has 0 aromatic heterocycles. The lowest BCUT2D eigenvalue weighted by Gasteiger charge is -2.25. The molecule has 2 N–H and O–H groups in total. The normalized spacial score (nSPS) is 16.8. The Bertz CT molecular complexity index is 1160. The minimum Gasteiger partial charge on any atom is -0.457 e. The molecule has 7 nitrogen and oxygen atoms in total. The van der Waals surface area contributed by atoms with E-state index in [0.717, 1.165) is 29.9 Å². The number of carbonyl (C=O) groups excluding carboxylic acids is 2. The average Bonchev–Trinajstić information content (AvgIpc) is 3.48. The highest BCUT2D eigenvalue weighted by atomic mass is 16.7. The molecule has 3 aromatic carbocycles. The van der Waals surface area contributed by atoms with E-state index >= 15 is 0 Å². The van der Waals surface area contributed by atoms with Crippen LogP contribution in [-0.2, 0) is 0 Å². The molecule has 2 amide bonds. The lowest BCUT2D eigenvalue weighted by atomic mass is 10.0. The van der Waals surface area contributed by atoms with Gasteiger partial charge >= 0.3 is 0 Å². The number of likely N-dealkylation sites (tertiary alicyclic amines) is 1. The summed E-state index contributed by atoms with van der Waals surface area (Å²) < 4.78 is 16.7. The average molecular weight is 430 g/mol. The van der Waals surface area contributed by atoms with Crippen LogP contribution in [0, 0.1) is 0 Å². The SMILES string of the molecule is NC(=O)c1ccc(Oc2ccc(C(=O)N3CCCC3c3ccc4c(c3)OCO4)cc2)cc1. The minimum atomic E-state index is -0.486. The zero-order valence-corrected chi connectivity index (χ0v) is 17.3. The van der Waals surface area contributed by atoms with E-state index < -0.39 is 5.91 Å². The largest absolute Gasteiger partial charge is 0.457 e. The summed E-state index contributed by atoms with van der Waals surface area (Å²) in [6.45, 7) is 0.943. The summed E-state index contributed by atoms with van der Waals surface area (Å²) >= 11 is 0. The Kier molecular flexibility index (Phi) is 5.15. The summed E-state index contributed by atoms with van der Waals surface area (Å²) in [5.41, 5.74) is 7.33. The first kappa shape index (κ1) is 19.9. The van der Waals surface area contributed by atoms with Gasteiger partial charge in [0, 0.05) is 17.7 Å². The van der Waals surface area contributed by atoms with Crippen molar-refractivity contribution in [3.05, 3.63) is 83.4 Å². The molecule has 2 heterocycles. The van der Waals surface area contributed by atoms with Gasteiger partial charge in [-0.25, -0.2) is 0 Å². The van der Waals surface area contributed by atoms with Gasteiger partial charge in [0.1, 0.15) is 11.5 Å². The third kappa shape index (κ3) is 3.85. The van der Waals surface area contributed by atoms with E-state index in [1.54, 1.807) is 48.5 Å².